The van der Waals surface area contributed by atoms with Crippen LogP contribution in [-0.4, -0.2) is 5.71 Å². The zero-order chi connectivity index (χ0) is 15.5. The molecule has 1 aliphatic carbocycles. The molecule has 0 atom stereocenters. The van der Waals surface area contributed by atoms with Gasteiger partial charge in [0, 0.05) is 5.69 Å². The number of anilines is 1. The summed E-state index contributed by atoms with van der Waals surface area (Å²) in [5.74, 6) is -0.262. The van der Waals surface area contributed by atoms with Crippen molar-refractivity contribution < 1.29 is 4.39 Å². The third kappa shape index (κ3) is 2.88. The molecule has 0 bridgehead atoms. The first-order valence-electron chi connectivity index (χ1n) is 6.94. The molecular formula is C19H15FN2. The fourth-order valence-corrected chi connectivity index (χ4v) is 2.40. The van der Waals surface area contributed by atoms with Gasteiger partial charge in [-0.2, -0.15) is 0 Å². The maximum absolute atomic E-state index is 13.2. The fraction of sp³-hybridized carbons (Fsp3) is 0. The van der Waals surface area contributed by atoms with Crippen molar-refractivity contribution >= 4 is 17.0 Å². The average Bonchev–Trinajstić information content (AvgIpc) is 2.53. The van der Waals surface area contributed by atoms with Crippen molar-refractivity contribution in [2.75, 3.05) is 5.73 Å². The third-order valence-corrected chi connectivity index (χ3v) is 3.51. The molecule has 3 heteroatoms. The average molecular weight is 290 g/mol. The summed E-state index contributed by atoms with van der Waals surface area (Å²) in [6, 6.07) is 14.0. The molecule has 3 rings (SSSR count). The van der Waals surface area contributed by atoms with Crippen LogP contribution in [0.15, 0.2) is 78.4 Å². The van der Waals surface area contributed by atoms with Gasteiger partial charge >= 0.3 is 0 Å². The molecule has 0 spiro atoms. The fourth-order valence-electron chi connectivity index (χ4n) is 2.40. The van der Waals surface area contributed by atoms with Gasteiger partial charge in [-0.1, -0.05) is 36.4 Å². The van der Waals surface area contributed by atoms with E-state index in [4.69, 9.17) is 11.1 Å². The number of allylic oxidation sites excluding steroid dienone is 5. The van der Waals surface area contributed by atoms with Gasteiger partial charge in [-0.15, -0.1) is 0 Å². The Morgan fingerprint density at radius 3 is 1.82 bits per heavy atom. The molecule has 2 aromatic carbocycles. The van der Waals surface area contributed by atoms with Gasteiger partial charge in [0.15, 0.2) is 0 Å². The molecule has 0 amide bonds. The first-order chi connectivity index (χ1) is 10.6. The Bertz CT molecular complexity index is 729. The van der Waals surface area contributed by atoms with E-state index in [1.165, 1.54) is 12.1 Å². The number of nitrogen functional groups attached to an aromatic ring is 1. The SMILES string of the molecule is N=C1C=CC(=C(c2ccc(N)cc2)c2ccc(F)cc2)C=C1. The van der Waals surface area contributed by atoms with Crippen molar-refractivity contribution in [1.29, 1.82) is 5.41 Å². The van der Waals surface area contributed by atoms with E-state index in [9.17, 15) is 4.39 Å². The van der Waals surface area contributed by atoms with Crippen LogP contribution >= 0.6 is 0 Å². The molecule has 108 valence electrons. The van der Waals surface area contributed by atoms with Gasteiger partial charge in [0.2, 0.25) is 0 Å². The Kier molecular flexibility index (Phi) is 3.71. The topological polar surface area (TPSA) is 49.9 Å². The molecule has 0 fully saturated rings. The van der Waals surface area contributed by atoms with Gasteiger partial charge in [0.1, 0.15) is 5.82 Å². The maximum Gasteiger partial charge on any atom is 0.123 e. The van der Waals surface area contributed by atoms with Crippen LogP contribution in [0.3, 0.4) is 0 Å². The number of rotatable bonds is 2. The predicted octanol–water partition coefficient (Wildman–Crippen LogP) is 4.36. The van der Waals surface area contributed by atoms with Crippen molar-refractivity contribution in [1.82, 2.24) is 0 Å². The largest absolute Gasteiger partial charge is 0.399 e. The lowest BCUT2D eigenvalue weighted by Crippen LogP contribution is -1.97. The Labute approximate surface area is 128 Å². The van der Waals surface area contributed by atoms with Crippen LogP contribution in [0.25, 0.3) is 5.57 Å². The lowest BCUT2D eigenvalue weighted by Gasteiger charge is -2.14. The standard InChI is InChI=1S/C19H15FN2/c20-16-7-1-13(2-8-16)19(14-3-9-17(21)10-4-14)15-5-11-18(22)12-6-15/h1-12,21H,22H2. The van der Waals surface area contributed by atoms with Crippen molar-refractivity contribution in [2.24, 2.45) is 0 Å². The van der Waals surface area contributed by atoms with Crippen LogP contribution < -0.4 is 5.73 Å². The maximum atomic E-state index is 13.2. The predicted molar refractivity (Wildman–Crippen MR) is 89.3 cm³/mol. The molecular weight excluding hydrogens is 275 g/mol. The molecule has 2 aromatic rings. The van der Waals surface area contributed by atoms with E-state index in [-0.39, 0.29) is 5.82 Å². The second kappa shape index (κ2) is 5.82. The Morgan fingerprint density at radius 2 is 1.27 bits per heavy atom. The van der Waals surface area contributed by atoms with Gasteiger partial charge < -0.3 is 11.1 Å². The molecule has 0 heterocycles. The molecule has 0 aliphatic heterocycles. The second-order valence-corrected chi connectivity index (χ2v) is 5.08. The molecule has 22 heavy (non-hydrogen) atoms. The smallest absolute Gasteiger partial charge is 0.123 e. The molecule has 1 aliphatic rings. The van der Waals surface area contributed by atoms with E-state index >= 15 is 0 Å². The van der Waals surface area contributed by atoms with Crippen LogP contribution in [0, 0.1) is 11.2 Å². The first kappa shape index (κ1) is 14.0. The van der Waals surface area contributed by atoms with E-state index < -0.39 is 0 Å². The van der Waals surface area contributed by atoms with Crippen LogP contribution in [0.4, 0.5) is 10.1 Å². The van der Waals surface area contributed by atoms with E-state index in [1.807, 2.05) is 36.4 Å². The zero-order valence-electron chi connectivity index (χ0n) is 11.9. The molecule has 0 unspecified atom stereocenters. The van der Waals surface area contributed by atoms with Crippen molar-refractivity contribution in [3.05, 3.63) is 95.4 Å². The van der Waals surface area contributed by atoms with Crippen molar-refractivity contribution in [2.45, 2.75) is 0 Å². The Morgan fingerprint density at radius 1 is 0.773 bits per heavy atom. The van der Waals surface area contributed by atoms with Crippen LogP contribution in [0.2, 0.25) is 0 Å². The quantitative estimate of drug-likeness (QED) is 0.793. The van der Waals surface area contributed by atoms with E-state index in [2.05, 4.69) is 0 Å². The Hall–Kier alpha value is -2.94. The highest BCUT2D eigenvalue weighted by atomic mass is 19.1. The molecule has 3 N–H and O–H groups in total. The zero-order valence-corrected chi connectivity index (χ0v) is 11.9. The van der Waals surface area contributed by atoms with Crippen LogP contribution in [0.1, 0.15) is 11.1 Å². The minimum absolute atomic E-state index is 0.262. The van der Waals surface area contributed by atoms with Gasteiger partial charge in [-0.3, -0.25) is 0 Å². The van der Waals surface area contributed by atoms with E-state index in [1.54, 1.807) is 24.3 Å². The van der Waals surface area contributed by atoms with Gasteiger partial charge in [0.05, 0.1) is 5.71 Å². The minimum Gasteiger partial charge on any atom is -0.399 e. The highest BCUT2D eigenvalue weighted by Gasteiger charge is 2.11. The number of nitrogens with one attached hydrogen (secondary N) is 1. The van der Waals surface area contributed by atoms with Crippen LogP contribution in [0.5, 0.6) is 0 Å². The van der Waals surface area contributed by atoms with Gasteiger partial charge in [-0.05, 0) is 58.7 Å². The summed E-state index contributed by atoms with van der Waals surface area (Å²) < 4.78 is 13.2. The number of hydrogen-bond donors (Lipinski definition) is 2. The first-order valence-corrected chi connectivity index (χ1v) is 6.94. The normalized spacial score (nSPS) is 13.5. The third-order valence-electron chi connectivity index (χ3n) is 3.51. The highest BCUT2D eigenvalue weighted by molar-refractivity contribution is 6.05. The van der Waals surface area contributed by atoms with Gasteiger partial charge in [0.25, 0.3) is 0 Å². The Balaban J connectivity index is 2.18. The van der Waals surface area contributed by atoms with Crippen LogP contribution in [-0.2, 0) is 0 Å². The molecule has 0 radical (unpaired) electrons. The summed E-state index contributed by atoms with van der Waals surface area (Å²) in [7, 11) is 0. The summed E-state index contributed by atoms with van der Waals surface area (Å²) in [5.41, 5.74) is 10.8. The lowest BCUT2D eigenvalue weighted by molar-refractivity contribution is 0.627. The second-order valence-electron chi connectivity index (χ2n) is 5.08. The molecule has 0 aromatic heterocycles. The van der Waals surface area contributed by atoms with Crippen molar-refractivity contribution in [3.8, 4) is 0 Å². The number of nitrogens with two attached hydrogens (primary N) is 1. The summed E-state index contributed by atoms with van der Waals surface area (Å²) in [6.45, 7) is 0. The minimum atomic E-state index is -0.262. The van der Waals surface area contributed by atoms with E-state index in [0.29, 0.717) is 11.4 Å². The summed E-state index contributed by atoms with van der Waals surface area (Å²) in [6.07, 6.45) is 7.29. The molecule has 2 nitrogen and oxygen atoms in total. The van der Waals surface area contributed by atoms with Crippen molar-refractivity contribution in [3.63, 3.8) is 0 Å². The number of benzene rings is 2. The summed E-state index contributed by atoms with van der Waals surface area (Å²) in [5, 5.41) is 7.62. The summed E-state index contributed by atoms with van der Waals surface area (Å²) in [4.78, 5) is 0. The highest BCUT2D eigenvalue weighted by Crippen LogP contribution is 2.30. The lowest BCUT2D eigenvalue weighted by atomic mass is 9.91. The van der Waals surface area contributed by atoms with Gasteiger partial charge in [-0.25, -0.2) is 4.39 Å². The number of hydrogen-bond acceptors (Lipinski definition) is 2. The molecule has 0 saturated carbocycles. The summed E-state index contributed by atoms with van der Waals surface area (Å²) >= 11 is 0. The number of halogens is 1. The van der Waals surface area contributed by atoms with E-state index in [0.717, 1.165) is 22.3 Å². The monoisotopic (exact) mass is 290 g/mol. The molecule has 0 saturated heterocycles.